The lowest BCUT2D eigenvalue weighted by molar-refractivity contribution is -0.0188. The second-order valence-corrected chi connectivity index (χ2v) is 6.71. The highest BCUT2D eigenvalue weighted by Crippen LogP contribution is 2.33. The van der Waals surface area contributed by atoms with Gasteiger partial charge in [0.1, 0.15) is 0 Å². The molecule has 3 nitrogen and oxygen atoms in total. The van der Waals surface area contributed by atoms with E-state index in [9.17, 15) is 5.11 Å². The summed E-state index contributed by atoms with van der Waals surface area (Å²) in [6.45, 7) is 10.7. The highest BCUT2D eigenvalue weighted by Gasteiger charge is 2.31. The molecule has 0 amide bonds. The van der Waals surface area contributed by atoms with E-state index in [1.54, 1.807) is 0 Å². The zero-order chi connectivity index (χ0) is 13.6. The van der Waals surface area contributed by atoms with Crippen molar-refractivity contribution < 1.29 is 9.84 Å². The molecule has 0 aromatic carbocycles. The number of ether oxygens (including phenoxy) is 1. The maximum absolute atomic E-state index is 10.4. The lowest BCUT2D eigenvalue weighted by Gasteiger charge is -2.36. The fourth-order valence-corrected chi connectivity index (χ4v) is 2.55. The van der Waals surface area contributed by atoms with Crippen LogP contribution in [0.15, 0.2) is 0 Å². The smallest absolute Gasteiger partial charge is 0.0771 e. The van der Waals surface area contributed by atoms with E-state index in [-0.39, 0.29) is 5.60 Å². The lowest BCUT2D eigenvalue weighted by atomic mass is 9.78. The molecule has 0 aromatic heterocycles. The van der Waals surface area contributed by atoms with E-state index in [0.717, 1.165) is 25.3 Å². The van der Waals surface area contributed by atoms with Crippen molar-refractivity contribution in [1.82, 2.24) is 5.32 Å². The molecule has 1 aliphatic carbocycles. The molecule has 0 bridgehead atoms. The lowest BCUT2D eigenvalue weighted by Crippen LogP contribution is -2.44. The Balaban J connectivity index is 2.12. The second-order valence-electron chi connectivity index (χ2n) is 6.71. The second kappa shape index (κ2) is 6.88. The number of aliphatic hydroxyl groups is 1. The number of rotatable bonds is 6. The van der Waals surface area contributed by atoms with Crippen molar-refractivity contribution in [3.63, 3.8) is 0 Å². The highest BCUT2D eigenvalue weighted by atomic mass is 16.5. The summed E-state index contributed by atoms with van der Waals surface area (Å²) in [5.41, 5.74) is -0.550. The van der Waals surface area contributed by atoms with Gasteiger partial charge < -0.3 is 15.2 Å². The molecule has 3 heteroatoms. The van der Waals surface area contributed by atoms with E-state index in [4.69, 9.17) is 4.74 Å². The third kappa shape index (κ3) is 6.17. The Morgan fingerprint density at radius 3 is 2.39 bits per heavy atom. The molecule has 1 fully saturated rings. The summed E-state index contributed by atoms with van der Waals surface area (Å²) in [7, 11) is 0. The minimum absolute atomic E-state index is 0.0717. The van der Waals surface area contributed by atoms with E-state index in [1.165, 1.54) is 19.3 Å². The molecule has 1 rings (SSSR count). The monoisotopic (exact) mass is 257 g/mol. The number of hydrogen-bond donors (Lipinski definition) is 2. The molecule has 0 saturated heterocycles. The fraction of sp³-hybridized carbons (Fsp3) is 1.00. The van der Waals surface area contributed by atoms with Gasteiger partial charge in [0.15, 0.2) is 0 Å². The Morgan fingerprint density at radius 1 is 1.28 bits per heavy atom. The predicted octanol–water partition coefficient (Wildman–Crippen LogP) is 2.72. The van der Waals surface area contributed by atoms with Crippen LogP contribution in [0.4, 0.5) is 0 Å². The summed E-state index contributed by atoms with van der Waals surface area (Å²) in [6.07, 6.45) is 5.49. The average Bonchev–Trinajstić information content (AvgIpc) is 2.28. The molecule has 0 radical (unpaired) electrons. The molecule has 0 unspecified atom stereocenters. The summed E-state index contributed by atoms with van der Waals surface area (Å²) in [6, 6.07) is 0. The molecule has 0 heterocycles. The van der Waals surface area contributed by atoms with Gasteiger partial charge in [0.25, 0.3) is 0 Å². The summed E-state index contributed by atoms with van der Waals surface area (Å²) < 4.78 is 5.64. The molecule has 0 aliphatic heterocycles. The van der Waals surface area contributed by atoms with Crippen LogP contribution in [0.2, 0.25) is 0 Å². The van der Waals surface area contributed by atoms with Crippen molar-refractivity contribution in [2.24, 2.45) is 5.92 Å². The van der Waals surface area contributed by atoms with E-state index >= 15 is 0 Å². The van der Waals surface area contributed by atoms with Crippen LogP contribution in [0.5, 0.6) is 0 Å². The zero-order valence-electron chi connectivity index (χ0n) is 12.6. The van der Waals surface area contributed by atoms with Crippen LogP contribution in [-0.2, 0) is 4.74 Å². The minimum Gasteiger partial charge on any atom is -0.389 e. The van der Waals surface area contributed by atoms with Crippen molar-refractivity contribution in [2.45, 2.75) is 71.0 Å². The van der Waals surface area contributed by atoms with Gasteiger partial charge in [-0.25, -0.2) is 0 Å². The SMILES string of the molecule is CCC1CCC(O)(CNCCOC(C)(C)C)CC1. The molecular formula is C15H31NO2. The van der Waals surface area contributed by atoms with Gasteiger partial charge in [-0.3, -0.25) is 0 Å². The van der Waals surface area contributed by atoms with Gasteiger partial charge in [0.05, 0.1) is 17.8 Å². The molecule has 0 spiro atoms. The average molecular weight is 257 g/mol. The van der Waals surface area contributed by atoms with Crippen molar-refractivity contribution in [1.29, 1.82) is 0 Å². The molecule has 18 heavy (non-hydrogen) atoms. The molecule has 108 valence electrons. The molecule has 0 atom stereocenters. The summed E-state index contributed by atoms with van der Waals surface area (Å²) >= 11 is 0. The summed E-state index contributed by atoms with van der Waals surface area (Å²) in [5, 5.41) is 13.8. The quantitative estimate of drug-likeness (QED) is 0.719. The third-order valence-electron chi connectivity index (χ3n) is 3.88. The van der Waals surface area contributed by atoms with Crippen LogP contribution in [0.3, 0.4) is 0 Å². The number of hydrogen-bond acceptors (Lipinski definition) is 3. The first-order chi connectivity index (χ1) is 8.35. The maximum Gasteiger partial charge on any atom is 0.0771 e. The van der Waals surface area contributed by atoms with Crippen LogP contribution >= 0.6 is 0 Å². The Morgan fingerprint density at radius 2 is 1.89 bits per heavy atom. The molecular weight excluding hydrogens is 226 g/mol. The largest absolute Gasteiger partial charge is 0.389 e. The van der Waals surface area contributed by atoms with Crippen molar-refractivity contribution in [3.05, 3.63) is 0 Å². The Labute approximate surface area is 112 Å². The van der Waals surface area contributed by atoms with E-state index < -0.39 is 5.60 Å². The van der Waals surface area contributed by atoms with Crippen LogP contribution < -0.4 is 5.32 Å². The first-order valence-electron chi connectivity index (χ1n) is 7.42. The van der Waals surface area contributed by atoms with Crippen LogP contribution in [-0.4, -0.2) is 36.0 Å². The topological polar surface area (TPSA) is 41.5 Å². The van der Waals surface area contributed by atoms with Crippen molar-refractivity contribution in [3.8, 4) is 0 Å². The normalized spacial score (nSPS) is 29.5. The van der Waals surface area contributed by atoms with E-state index in [0.29, 0.717) is 13.2 Å². The van der Waals surface area contributed by atoms with Gasteiger partial charge in [0.2, 0.25) is 0 Å². The maximum atomic E-state index is 10.4. The zero-order valence-corrected chi connectivity index (χ0v) is 12.6. The summed E-state index contributed by atoms with van der Waals surface area (Å²) in [4.78, 5) is 0. The third-order valence-corrected chi connectivity index (χ3v) is 3.88. The highest BCUT2D eigenvalue weighted by molar-refractivity contribution is 4.87. The van der Waals surface area contributed by atoms with Gasteiger partial charge >= 0.3 is 0 Å². The molecule has 2 N–H and O–H groups in total. The first-order valence-corrected chi connectivity index (χ1v) is 7.42. The fourth-order valence-electron chi connectivity index (χ4n) is 2.55. The van der Waals surface area contributed by atoms with Gasteiger partial charge in [-0.2, -0.15) is 0 Å². The molecule has 0 aromatic rings. The van der Waals surface area contributed by atoms with E-state index in [1.807, 2.05) is 0 Å². The van der Waals surface area contributed by atoms with Crippen LogP contribution in [0, 0.1) is 5.92 Å². The summed E-state index contributed by atoms with van der Waals surface area (Å²) in [5.74, 6) is 0.828. The van der Waals surface area contributed by atoms with Gasteiger partial charge in [0, 0.05) is 13.1 Å². The van der Waals surface area contributed by atoms with E-state index in [2.05, 4.69) is 33.0 Å². The van der Waals surface area contributed by atoms with Crippen LogP contribution in [0.1, 0.15) is 59.8 Å². The minimum atomic E-state index is -0.479. The Kier molecular flexibility index (Phi) is 6.09. The first kappa shape index (κ1) is 15.9. The van der Waals surface area contributed by atoms with Crippen molar-refractivity contribution in [2.75, 3.05) is 19.7 Å². The van der Waals surface area contributed by atoms with Gasteiger partial charge in [-0.1, -0.05) is 13.3 Å². The Hall–Kier alpha value is -0.120. The van der Waals surface area contributed by atoms with Crippen LogP contribution in [0.25, 0.3) is 0 Å². The van der Waals surface area contributed by atoms with Gasteiger partial charge in [-0.05, 0) is 52.4 Å². The molecule has 1 aliphatic rings. The molecule has 1 saturated carbocycles. The van der Waals surface area contributed by atoms with Gasteiger partial charge in [-0.15, -0.1) is 0 Å². The Bertz CT molecular complexity index is 227. The predicted molar refractivity (Wildman–Crippen MR) is 75.8 cm³/mol. The number of nitrogens with one attached hydrogen (secondary N) is 1. The standard InChI is InChI=1S/C15H31NO2/c1-5-13-6-8-15(17,9-7-13)12-16-10-11-18-14(2,3)4/h13,16-17H,5-12H2,1-4H3. The van der Waals surface area contributed by atoms with Crippen molar-refractivity contribution >= 4 is 0 Å².